The molecule has 1 fully saturated rings. The first kappa shape index (κ1) is 12.1. The number of nitrogens with two attached hydrogens (primary N) is 1. The monoisotopic (exact) mass is 236 g/mol. The number of H-pyrrole nitrogens is 1. The standard InChI is InChI=1S/C12H20N4O/c1-8(2)16-5-3-4-9(7-16)10-6-11(17)15-12(13)14-10/h6,8-9H,3-5,7H2,1-2H3,(H3,13,14,15,17)/t9-/m0/s1. The van der Waals surface area contributed by atoms with Gasteiger partial charge in [-0.05, 0) is 33.2 Å². The van der Waals surface area contributed by atoms with Gasteiger partial charge in [0, 0.05) is 24.6 Å². The fourth-order valence-electron chi connectivity index (χ4n) is 2.42. The van der Waals surface area contributed by atoms with Gasteiger partial charge in [-0.2, -0.15) is 0 Å². The maximum Gasteiger partial charge on any atom is 0.252 e. The van der Waals surface area contributed by atoms with Crippen molar-refractivity contribution in [3.63, 3.8) is 0 Å². The molecule has 0 amide bonds. The van der Waals surface area contributed by atoms with Gasteiger partial charge in [-0.15, -0.1) is 0 Å². The van der Waals surface area contributed by atoms with E-state index in [4.69, 9.17) is 5.73 Å². The van der Waals surface area contributed by atoms with Gasteiger partial charge in [0.15, 0.2) is 0 Å². The van der Waals surface area contributed by atoms with Crippen LogP contribution in [0.25, 0.3) is 0 Å². The Morgan fingerprint density at radius 3 is 3.00 bits per heavy atom. The van der Waals surface area contributed by atoms with Crippen LogP contribution in [-0.4, -0.2) is 34.0 Å². The summed E-state index contributed by atoms with van der Waals surface area (Å²) in [5.41, 5.74) is 6.25. The zero-order valence-electron chi connectivity index (χ0n) is 10.4. The Hall–Kier alpha value is -1.36. The number of piperidine rings is 1. The van der Waals surface area contributed by atoms with Gasteiger partial charge in [0.2, 0.25) is 5.95 Å². The first-order valence-electron chi connectivity index (χ1n) is 6.17. The van der Waals surface area contributed by atoms with E-state index in [9.17, 15) is 4.79 Å². The highest BCUT2D eigenvalue weighted by atomic mass is 16.1. The summed E-state index contributed by atoms with van der Waals surface area (Å²) in [6.07, 6.45) is 2.23. The number of aromatic amines is 1. The molecule has 0 bridgehead atoms. The topological polar surface area (TPSA) is 75.0 Å². The summed E-state index contributed by atoms with van der Waals surface area (Å²) < 4.78 is 0. The minimum absolute atomic E-state index is 0.158. The van der Waals surface area contributed by atoms with Crippen molar-refractivity contribution < 1.29 is 0 Å². The largest absolute Gasteiger partial charge is 0.369 e. The fraction of sp³-hybridized carbons (Fsp3) is 0.667. The summed E-state index contributed by atoms with van der Waals surface area (Å²) in [6.45, 7) is 6.49. The third kappa shape index (κ3) is 2.85. The number of nitrogen functional groups attached to an aromatic ring is 1. The predicted molar refractivity (Wildman–Crippen MR) is 68.0 cm³/mol. The molecule has 0 aliphatic carbocycles. The van der Waals surface area contributed by atoms with Crippen molar-refractivity contribution in [1.29, 1.82) is 0 Å². The number of hydrogen-bond donors (Lipinski definition) is 2. The van der Waals surface area contributed by atoms with E-state index in [-0.39, 0.29) is 11.5 Å². The van der Waals surface area contributed by atoms with Crippen LogP contribution in [0.3, 0.4) is 0 Å². The maximum absolute atomic E-state index is 11.4. The molecule has 1 aliphatic heterocycles. The predicted octanol–water partition coefficient (Wildman–Crippen LogP) is 0.940. The summed E-state index contributed by atoms with van der Waals surface area (Å²) in [5.74, 6) is 0.546. The van der Waals surface area contributed by atoms with E-state index in [2.05, 4.69) is 28.7 Å². The molecule has 1 aliphatic rings. The highest BCUT2D eigenvalue weighted by Crippen LogP contribution is 2.26. The molecule has 1 aromatic heterocycles. The van der Waals surface area contributed by atoms with Crippen molar-refractivity contribution in [2.75, 3.05) is 18.8 Å². The van der Waals surface area contributed by atoms with Gasteiger partial charge in [0.05, 0.1) is 5.69 Å². The van der Waals surface area contributed by atoms with Crippen molar-refractivity contribution in [2.45, 2.75) is 38.6 Å². The van der Waals surface area contributed by atoms with Crippen molar-refractivity contribution in [2.24, 2.45) is 0 Å². The molecule has 1 aromatic rings. The quantitative estimate of drug-likeness (QED) is 0.801. The summed E-state index contributed by atoms with van der Waals surface area (Å²) in [5, 5.41) is 0. The Balaban J connectivity index is 2.18. The van der Waals surface area contributed by atoms with Crippen molar-refractivity contribution in [1.82, 2.24) is 14.9 Å². The van der Waals surface area contributed by atoms with Crippen molar-refractivity contribution >= 4 is 5.95 Å². The van der Waals surface area contributed by atoms with Gasteiger partial charge in [0.25, 0.3) is 5.56 Å². The van der Waals surface area contributed by atoms with Crippen LogP contribution in [0.4, 0.5) is 5.95 Å². The molecule has 94 valence electrons. The lowest BCUT2D eigenvalue weighted by molar-refractivity contribution is 0.166. The lowest BCUT2D eigenvalue weighted by Crippen LogP contribution is -2.39. The Morgan fingerprint density at radius 1 is 1.59 bits per heavy atom. The minimum Gasteiger partial charge on any atom is -0.369 e. The van der Waals surface area contributed by atoms with Gasteiger partial charge >= 0.3 is 0 Å². The van der Waals surface area contributed by atoms with Gasteiger partial charge in [-0.25, -0.2) is 4.98 Å². The number of aromatic nitrogens is 2. The Labute approximate surface area is 101 Å². The normalized spacial score (nSPS) is 21.9. The number of likely N-dealkylation sites (tertiary alicyclic amines) is 1. The minimum atomic E-state index is -0.158. The molecule has 0 radical (unpaired) electrons. The molecular weight excluding hydrogens is 216 g/mol. The molecule has 0 aromatic carbocycles. The first-order valence-corrected chi connectivity index (χ1v) is 6.17. The number of anilines is 1. The van der Waals surface area contributed by atoms with Crippen LogP contribution in [0.1, 0.15) is 38.3 Å². The molecule has 3 N–H and O–H groups in total. The van der Waals surface area contributed by atoms with Gasteiger partial charge in [-0.3, -0.25) is 9.78 Å². The van der Waals surface area contributed by atoms with E-state index < -0.39 is 0 Å². The molecule has 1 atom stereocenters. The number of nitrogens with zero attached hydrogens (tertiary/aromatic N) is 2. The van der Waals surface area contributed by atoms with Gasteiger partial charge < -0.3 is 10.6 Å². The molecule has 5 nitrogen and oxygen atoms in total. The fourth-order valence-corrected chi connectivity index (χ4v) is 2.42. The van der Waals surface area contributed by atoms with E-state index in [1.807, 2.05) is 0 Å². The number of nitrogens with one attached hydrogen (secondary N) is 1. The lowest BCUT2D eigenvalue weighted by atomic mass is 9.94. The second-order valence-electron chi connectivity index (χ2n) is 4.98. The second kappa shape index (κ2) is 4.87. The molecule has 2 heterocycles. The zero-order chi connectivity index (χ0) is 12.4. The lowest BCUT2D eigenvalue weighted by Gasteiger charge is -2.35. The van der Waals surface area contributed by atoms with Crippen LogP contribution in [0, 0.1) is 0 Å². The van der Waals surface area contributed by atoms with Crippen LogP contribution in [0.5, 0.6) is 0 Å². The van der Waals surface area contributed by atoms with Crippen molar-refractivity contribution in [3.05, 3.63) is 22.1 Å². The Kier molecular flexibility index (Phi) is 3.47. The smallest absolute Gasteiger partial charge is 0.252 e. The molecule has 17 heavy (non-hydrogen) atoms. The van der Waals surface area contributed by atoms with E-state index in [0.29, 0.717) is 12.0 Å². The summed E-state index contributed by atoms with van der Waals surface area (Å²) in [7, 11) is 0. The van der Waals surface area contributed by atoms with E-state index in [1.165, 1.54) is 0 Å². The highest BCUT2D eigenvalue weighted by molar-refractivity contribution is 5.20. The second-order valence-corrected chi connectivity index (χ2v) is 4.98. The third-order valence-electron chi connectivity index (χ3n) is 3.38. The van der Waals surface area contributed by atoms with E-state index in [1.54, 1.807) is 6.07 Å². The van der Waals surface area contributed by atoms with Crippen LogP contribution in [-0.2, 0) is 0 Å². The highest BCUT2D eigenvalue weighted by Gasteiger charge is 2.24. The molecule has 2 rings (SSSR count). The Morgan fingerprint density at radius 2 is 2.35 bits per heavy atom. The van der Waals surface area contributed by atoms with Gasteiger partial charge in [-0.1, -0.05) is 0 Å². The van der Waals surface area contributed by atoms with E-state index >= 15 is 0 Å². The molecule has 0 unspecified atom stereocenters. The summed E-state index contributed by atoms with van der Waals surface area (Å²) in [6, 6.07) is 2.11. The van der Waals surface area contributed by atoms with Crippen LogP contribution >= 0.6 is 0 Å². The van der Waals surface area contributed by atoms with E-state index in [0.717, 1.165) is 31.6 Å². The maximum atomic E-state index is 11.4. The van der Waals surface area contributed by atoms with Crippen LogP contribution < -0.4 is 11.3 Å². The SMILES string of the molecule is CC(C)N1CCC[C@H](c2cc(=O)[nH]c(N)n2)C1. The van der Waals surface area contributed by atoms with Gasteiger partial charge in [0.1, 0.15) is 0 Å². The first-order chi connectivity index (χ1) is 8.06. The molecule has 5 heteroatoms. The summed E-state index contributed by atoms with van der Waals surface area (Å²) >= 11 is 0. The molecule has 1 saturated heterocycles. The average molecular weight is 236 g/mol. The molecule has 0 saturated carbocycles. The molecular formula is C12H20N4O. The molecule has 0 spiro atoms. The summed E-state index contributed by atoms with van der Waals surface area (Å²) in [4.78, 5) is 20.5. The van der Waals surface area contributed by atoms with Crippen LogP contribution in [0.2, 0.25) is 0 Å². The Bertz CT molecular complexity index is 440. The van der Waals surface area contributed by atoms with Crippen LogP contribution in [0.15, 0.2) is 10.9 Å². The van der Waals surface area contributed by atoms with Crippen molar-refractivity contribution in [3.8, 4) is 0 Å². The number of rotatable bonds is 2. The number of hydrogen-bond acceptors (Lipinski definition) is 4. The average Bonchev–Trinajstić information content (AvgIpc) is 2.28. The zero-order valence-corrected chi connectivity index (χ0v) is 10.4. The third-order valence-corrected chi connectivity index (χ3v) is 3.38.